The summed E-state index contributed by atoms with van der Waals surface area (Å²) in [6.07, 6.45) is 0. The fourth-order valence-corrected chi connectivity index (χ4v) is 3.90. The van der Waals surface area contributed by atoms with Crippen molar-refractivity contribution in [3.05, 3.63) is 71.5 Å². The van der Waals surface area contributed by atoms with E-state index < -0.39 is 5.97 Å². The van der Waals surface area contributed by atoms with Crippen LogP contribution in [0.1, 0.15) is 46.4 Å². The Balaban J connectivity index is 1.58. The number of aromatic nitrogens is 3. The van der Waals surface area contributed by atoms with Crippen molar-refractivity contribution < 1.29 is 19.1 Å². The molecular formula is C23H25N5O4S. The van der Waals surface area contributed by atoms with Crippen LogP contribution in [-0.4, -0.2) is 45.4 Å². The summed E-state index contributed by atoms with van der Waals surface area (Å²) < 4.78 is 6.54. The van der Waals surface area contributed by atoms with Crippen molar-refractivity contribution in [3.63, 3.8) is 0 Å². The minimum Gasteiger partial charge on any atom is -0.465 e. The number of nitrogens with zero attached hydrogens (tertiary/aromatic N) is 3. The van der Waals surface area contributed by atoms with E-state index in [1.165, 1.54) is 18.9 Å². The molecule has 2 aromatic carbocycles. The number of carbonyl (C=O) groups excluding carboxylic acids is 3. The molecule has 1 heterocycles. The predicted molar refractivity (Wildman–Crippen MR) is 125 cm³/mol. The average Bonchev–Trinajstić information content (AvgIpc) is 3.26. The molecule has 2 N–H and O–H groups in total. The largest absolute Gasteiger partial charge is 0.465 e. The number of anilines is 1. The van der Waals surface area contributed by atoms with E-state index in [0.29, 0.717) is 34.3 Å². The molecule has 0 aliphatic rings. The molecule has 0 spiro atoms. The second-order valence-corrected chi connectivity index (χ2v) is 7.99. The summed E-state index contributed by atoms with van der Waals surface area (Å²) in [6, 6.07) is 15.0. The van der Waals surface area contributed by atoms with Crippen molar-refractivity contribution in [2.45, 2.75) is 31.6 Å². The summed E-state index contributed by atoms with van der Waals surface area (Å²) in [7, 11) is 1.31. The standard InChI is InChI=1S/C23H25N5O4S/c1-4-28-20(15(2)24-21(30)16-8-6-5-7-9-16)26-27-23(28)33-14-19(29)25-18-12-10-17(11-13-18)22(31)32-3/h5-13,15H,4,14H2,1-3H3,(H,24,30)(H,25,29). The van der Waals surface area contributed by atoms with Gasteiger partial charge in [-0.05, 0) is 50.2 Å². The highest BCUT2D eigenvalue weighted by Crippen LogP contribution is 2.21. The van der Waals surface area contributed by atoms with Crippen LogP contribution in [0.15, 0.2) is 59.8 Å². The van der Waals surface area contributed by atoms with Gasteiger partial charge in [0.25, 0.3) is 5.91 Å². The number of hydrogen-bond donors (Lipinski definition) is 2. The molecule has 0 saturated carbocycles. The van der Waals surface area contributed by atoms with Crippen molar-refractivity contribution in [2.75, 3.05) is 18.2 Å². The third-order valence-electron chi connectivity index (χ3n) is 4.75. The second-order valence-electron chi connectivity index (χ2n) is 7.05. The first-order valence-electron chi connectivity index (χ1n) is 10.3. The highest BCUT2D eigenvalue weighted by molar-refractivity contribution is 7.99. The summed E-state index contributed by atoms with van der Waals surface area (Å²) in [6.45, 7) is 4.38. The molecule has 3 rings (SSSR count). The highest BCUT2D eigenvalue weighted by atomic mass is 32.2. The number of esters is 1. The van der Waals surface area contributed by atoms with Crippen LogP contribution < -0.4 is 10.6 Å². The molecule has 172 valence electrons. The summed E-state index contributed by atoms with van der Waals surface area (Å²) in [5.41, 5.74) is 1.54. The Labute approximate surface area is 195 Å². The summed E-state index contributed by atoms with van der Waals surface area (Å²) in [5, 5.41) is 14.7. The monoisotopic (exact) mass is 467 g/mol. The van der Waals surface area contributed by atoms with Crippen molar-refractivity contribution in [2.24, 2.45) is 0 Å². The lowest BCUT2D eigenvalue weighted by atomic mass is 10.2. The van der Waals surface area contributed by atoms with Crippen LogP contribution in [0.2, 0.25) is 0 Å². The molecule has 0 fully saturated rings. The maximum absolute atomic E-state index is 12.4. The smallest absolute Gasteiger partial charge is 0.337 e. The van der Waals surface area contributed by atoms with E-state index in [2.05, 4.69) is 25.6 Å². The van der Waals surface area contributed by atoms with E-state index in [0.717, 1.165) is 0 Å². The van der Waals surface area contributed by atoms with Gasteiger partial charge in [-0.2, -0.15) is 0 Å². The van der Waals surface area contributed by atoms with E-state index >= 15 is 0 Å². The van der Waals surface area contributed by atoms with Gasteiger partial charge in [-0.25, -0.2) is 4.79 Å². The number of methoxy groups -OCH3 is 1. The molecule has 0 radical (unpaired) electrons. The van der Waals surface area contributed by atoms with Crippen molar-refractivity contribution in [1.29, 1.82) is 0 Å². The topological polar surface area (TPSA) is 115 Å². The lowest BCUT2D eigenvalue weighted by Gasteiger charge is -2.15. The normalized spacial score (nSPS) is 11.5. The Morgan fingerprint density at radius 1 is 1.03 bits per heavy atom. The van der Waals surface area contributed by atoms with E-state index in [-0.39, 0.29) is 23.6 Å². The number of nitrogens with one attached hydrogen (secondary N) is 2. The van der Waals surface area contributed by atoms with Crippen molar-refractivity contribution in [3.8, 4) is 0 Å². The van der Waals surface area contributed by atoms with E-state index in [9.17, 15) is 14.4 Å². The molecule has 1 unspecified atom stereocenters. The van der Waals surface area contributed by atoms with Crippen LogP contribution in [0, 0.1) is 0 Å². The maximum atomic E-state index is 12.4. The molecule has 0 saturated heterocycles. The molecule has 1 atom stereocenters. The van der Waals surface area contributed by atoms with Crippen molar-refractivity contribution in [1.82, 2.24) is 20.1 Å². The van der Waals surface area contributed by atoms with Gasteiger partial charge in [-0.3, -0.25) is 9.59 Å². The zero-order valence-corrected chi connectivity index (χ0v) is 19.4. The van der Waals surface area contributed by atoms with Gasteiger partial charge in [0.2, 0.25) is 5.91 Å². The molecule has 3 aromatic rings. The lowest BCUT2D eigenvalue weighted by molar-refractivity contribution is -0.113. The molecule has 33 heavy (non-hydrogen) atoms. The average molecular weight is 468 g/mol. The number of benzene rings is 2. The van der Waals surface area contributed by atoms with Gasteiger partial charge in [0.05, 0.1) is 24.5 Å². The van der Waals surface area contributed by atoms with Crippen LogP contribution in [0.5, 0.6) is 0 Å². The first-order valence-corrected chi connectivity index (χ1v) is 11.3. The first-order chi connectivity index (χ1) is 15.9. The second kappa shape index (κ2) is 11.3. The molecular weight excluding hydrogens is 442 g/mol. The Morgan fingerprint density at radius 2 is 1.73 bits per heavy atom. The first kappa shape index (κ1) is 24.0. The van der Waals surface area contributed by atoms with Crippen LogP contribution in [0.4, 0.5) is 5.69 Å². The van der Waals surface area contributed by atoms with E-state index in [1.807, 2.05) is 24.5 Å². The molecule has 9 nitrogen and oxygen atoms in total. The minimum atomic E-state index is -0.438. The number of amides is 2. The Bertz CT molecular complexity index is 1120. The summed E-state index contributed by atoms with van der Waals surface area (Å²) >= 11 is 1.25. The SMILES string of the molecule is CCn1c(SCC(=O)Nc2ccc(C(=O)OC)cc2)nnc1C(C)NC(=O)c1ccccc1. The van der Waals surface area contributed by atoms with Gasteiger partial charge in [0.1, 0.15) is 0 Å². The molecule has 1 aromatic heterocycles. The molecule has 0 bridgehead atoms. The fourth-order valence-electron chi connectivity index (χ4n) is 3.09. The van der Waals surface area contributed by atoms with Crippen molar-refractivity contribution >= 4 is 35.2 Å². The van der Waals surface area contributed by atoms with Gasteiger partial charge in [-0.1, -0.05) is 30.0 Å². The maximum Gasteiger partial charge on any atom is 0.337 e. The zero-order valence-electron chi connectivity index (χ0n) is 18.6. The van der Waals surface area contributed by atoms with Gasteiger partial charge < -0.3 is 19.9 Å². The van der Waals surface area contributed by atoms with E-state index in [4.69, 9.17) is 0 Å². The molecule has 0 aliphatic heterocycles. The summed E-state index contributed by atoms with van der Waals surface area (Å²) in [5.74, 6) is -0.110. The van der Waals surface area contributed by atoms with Gasteiger partial charge in [0.15, 0.2) is 11.0 Å². The van der Waals surface area contributed by atoms with E-state index in [1.54, 1.807) is 48.5 Å². The van der Waals surface area contributed by atoms with Crippen LogP contribution in [-0.2, 0) is 16.1 Å². The number of ether oxygens (including phenoxy) is 1. The molecule has 2 amide bonds. The quantitative estimate of drug-likeness (QED) is 0.366. The number of hydrogen-bond acceptors (Lipinski definition) is 7. The van der Waals surface area contributed by atoms with Crippen LogP contribution in [0.3, 0.4) is 0 Å². The summed E-state index contributed by atoms with van der Waals surface area (Å²) in [4.78, 5) is 36.3. The fraction of sp³-hybridized carbons (Fsp3) is 0.261. The minimum absolute atomic E-state index is 0.127. The highest BCUT2D eigenvalue weighted by Gasteiger charge is 2.20. The molecule has 10 heteroatoms. The van der Waals surface area contributed by atoms with Crippen LogP contribution >= 0.6 is 11.8 Å². The third kappa shape index (κ3) is 6.19. The van der Waals surface area contributed by atoms with Gasteiger partial charge >= 0.3 is 5.97 Å². The Hall–Kier alpha value is -3.66. The zero-order chi connectivity index (χ0) is 23.8. The molecule has 0 aliphatic carbocycles. The van der Waals surface area contributed by atoms with Crippen LogP contribution in [0.25, 0.3) is 0 Å². The van der Waals surface area contributed by atoms with Gasteiger partial charge in [-0.15, -0.1) is 10.2 Å². The number of thioether (sulfide) groups is 1. The lowest BCUT2D eigenvalue weighted by Crippen LogP contribution is -2.28. The number of carbonyl (C=O) groups is 3. The number of rotatable bonds is 9. The Kier molecular flexibility index (Phi) is 8.20. The van der Waals surface area contributed by atoms with Gasteiger partial charge in [0, 0.05) is 17.8 Å². The predicted octanol–water partition coefficient (Wildman–Crippen LogP) is 3.31. The Morgan fingerprint density at radius 3 is 2.36 bits per heavy atom. The third-order valence-corrected chi connectivity index (χ3v) is 5.72.